The Morgan fingerprint density at radius 1 is 1.25 bits per heavy atom. The van der Waals surface area contributed by atoms with E-state index in [0.717, 1.165) is 12.1 Å². The minimum Gasteiger partial charge on any atom is -0.486 e. The average molecular weight is 274 g/mol. The normalized spacial score (nSPS) is 13.1. The monoisotopic (exact) mass is 274 g/mol. The van der Waals surface area contributed by atoms with Crippen LogP contribution in [0.4, 0.5) is 5.69 Å². The Balaban J connectivity index is 1.75. The van der Waals surface area contributed by atoms with Gasteiger partial charge in [0, 0.05) is 17.8 Å². The lowest BCUT2D eigenvalue weighted by Crippen LogP contribution is -2.16. The van der Waals surface area contributed by atoms with E-state index in [1.54, 1.807) is 24.3 Å². The number of nitrogens with zero attached hydrogens (tertiary/aromatic N) is 1. The van der Waals surface area contributed by atoms with Crippen molar-refractivity contribution in [2.24, 2.45) is 0 Å². The van der Waals surface area contributed by atoms with Crippen molar-refractivity contribution < 1.29 is 18.8 Å². The predicted molar refractivity (Wildman–Crippen MR) is 71.3 cm³/mol. The van der Waals surface area contributed by atoms with Crippen molar-refractivity contribution in [1.29, 1.82) is 0 Å². The largest absolute Gasteiger partial charge is 0.486 e. The molecule has 1 aromatic carbocycles. The molecule has 0 fully saturated rings. The standard InChI is InChI=1S/C14H14N2O4/c1-2-9-7-13(20-16-9)14(17)15-10-3-4-11-12(8-10)19-6-5-18-11/h3-4,7-8H,2,5-6H2,1H3,(H,15,17). The Kier molecular flexibility index (Phi) is 3.28. The van der Waals surface area contributed by atoms with Crippen LogP contribution in [-0.4, -0.2) is 24.3 Å². The number of hydrogen-bond donors (Lipinski definition) is 1. The molecular weight excluding hydrogens is 260 g/mol. The summed E-state index contributed by atoms with van der Waals surface area (Å²) in [5, 5.41) is 6.52. The molecule has 0 radical (unpaired) electrons. The number of amides is 1. The summed E-state index contributed by atoms with van der Waals surface area (Å²) in [7, 11) is 0. The van der Waals surface area contributed by atoms with Crippen LogP contribution in [-0.2, 0) is 6.42 Å². The number of aryl methyl sites for hydroxylation is 1. The molecule has 0 aliphatic carbocycles. The van der Waals surface area contributed by atoms with E-state index in [1.807, 2.05) is 6.92 Å². The van der Waals surface area contributed by atoms with Gasteiger partial charge >= 0.3 is 0 Å². The van der Waals surface area contributed by atoms with E-state index < -0.39 is 0 Å². The third-order valence-electron chi connectivity index (χ3n) is 2.95. The van der Waals surface area contributed by atoms with Crippen molar-refractivity contribution in [3.05, 3.63) is 35.7 Å². The van der Waals surface area contributed by atoms with Gasteiger partial charge in [-0.25, -0.2) is 0 Å². The van der Waals surface area contributed by atoms with Gasteiger partial charge in [0.05, 0.1) is 5.69 Å². The second-order valence-electron chi connectivity index (χ2n) is 4.35. The van der Waals surface area contributed by atoms with Gasteiger partial charge in [-0.15, -0.1) is 0 Å². The van der Waals surface area contributed by atoms with Crippen LogP contribution in [0, 0.1) is 0 Å². The first-order valence-corrected chi connectivity index (χ1v) is 6.43. The lowest BCUT2D eigenvalue weighted by atomic mass is 10.2. The molecule has 0 saturated carbocycles. The minimum atomic E-state index is -0.339. The fraction of sp³-hybridized carbons (Fsp3) is 0.286. The Hall–Kier alpha value is -2.50. The van der Waals surface area contributed by atoms with Crippen molar-refractivity contribution in [1.82, 2.24) is 5.16 Å². The summed E-state index contributed by atoms with van der Waals surface area (Å²) in [6.45, 7) is 2.99. The summed E-state index contributed by atoms with van der Waals surface area (Å²) >= 11 is 0. The highest BCUT2D eigenvalue weighted by Crippen LogP contribution is 2.32. The lowest BCUT2D eigenvalue weighted by Gasteiger charge is -2.18. The molecule has 1 aliphatic rings. The Morgan fingerprint density at radius 2 is 2.05 bits per heavy atom. The first-order valence-electron chi connectivity index (χ1n) is 6.43. The molecule has 0 saturated heterocycles. The van der Waals surface area contributed by atoms with Crippen LogP contribution < -0.4 is 14.8 Å². The fourth-order valence-electron chi connectivity index (χ4n) is 1.90. The predicted octanol–water partition coefficient (Wildman–Crippen LogP) is 2.26. The van der Waals surface area contributed by atoms with Crippen LogP contribution >= 0.6 is 0 Å². The number of nitrogens with one attached hydrogen (secondary N) is 1. The fourth-order valence-corrected chi connectivity index (χ4v) is 1.90. The van der Waals surface area contributed by atoms with Crippen molar-refractivity contribution in [2.75, 3.05) is 18.5 Å². The molecule has 20 heavy (non-hydrogen) atoms. The number of hydrogen-bond acceptors (Lipinski definition) is 5. The Labute approximate surface area is 115 Å². The van der Waals surface area contributed by atoms with Crippen LogP contribution in [0.5, 0.6) is 11.5 Å². The van der Waals surface area contributed by atoms with Crippen LogP contribution in [0.2, 0.25) is 0 Å². The van der Waals surface area contributed by atoms with Gasteiger partial charge in [0.25, 0.3) is 5.91 Å². The van der Waals surface area contributed by atoms with Crippen LogP contribution in [0.15, 0.2) is 28.8 Å². The number of fused-ring (bicyclic) bond motifs is 1. The number of carbonyl (C=O) groups is 1. The van der Waals surface area contributed by atoms with Crippen LogP contribution in [0.1, 0.15) is 23.2 Å². The molecule has 1 aliphatic heterocycles. The second kappa shape index (κ2) is 5.24. The molecular formula is C14H14N2O4. The number of benzene rings is 1. The second-order valence-corrected chi connectivity index (χ2v) is 4.35. The average Bonchev–Trinajstić information content (AvgIpc) is 2.96. The van der Waals surface area contributed by atoms with Crippen LogP contribution in [0.3, 0.4) is 0 Å². The molecule has 0 unspecified atom stereocenters. The lowest BCUT2D eigenvalue weighted by molar-refractivity contribution is 0.0987. The maximum absolute atomic E-state index is 12.0. The van der Waals surface area contributed by atoms with E-state index in [4.69, 9.17) is 14.0 Å². The van der Waals surface area contributed by atoms with Crippen LogP contribution in [0.25, 0.3) is 0 Å². The number of ether oxygens (including phenoxy) is 2. The maximum atomic E-state index is 12.0. The molecule has 1 amide bonds. The van der Waals surface area contributed by atoms with E-state index in [2.05, 4.69) is 10.5 Å². The number of carbonyl (C=O) groups excluding carboxylic acids is 1. The van der Waals surface area contributed by atoms with E-state index in [1.165, 1.54) is 0 Å². The molecule has 1 N–H and O–H groups in total. The summed E-state index contributed by atoms with van der Waals surface area (Å²) < 4.78 is 15.9. The number of anilines is 1. The molecule has 3 rings (SSSR count). The highest BCUT2D eigenvalue weighted by molar-refractivity contribution is 6.02. The van der Waals surface area contributed by atoms with E-state index in [0.29, 0.717) is 30.4 Å². The minimum absolute atomic E-state index is 0.191. The smallest absolute Gasteiger partial charge is 0.294 e. The zero-order valence-electron chi connectivity index (χ0n) is 11.0. The molecule has 1 aromatic heterocycles. The van der Waals surface area contributed by atoms with Gasteiger partial charge in [-0.2, -0.15) is 0 Å². The quantitative estimate of drug-likeness (QED) is 0.929. The molecule has 2 heterocycles. The van der Waals surface area contributed by atoms with Gasteiger partial charge < -0.3 is 19.3 Å². The zero-order valence-corrected chi connectivity index (χ0v) is 11.0. The summed E-state index contributed by atoms with van der Waals surface area (Å²) in [5.74, 6) is 1.16. The maximum Gasteiger partial charge on any atom is 0.294 e. The summed E-state index contributed by atoms with van der Waals surface area (Å²) in [6, 6.07) is 6.88. The topological polar surface area (TPSA) is 73.6 Å². The third kappa shape index (κ3) is 2.45. The molecule has 0 atom stereocenters. The molecule has 6 heteroatoms. The van der Waals surface area contributed by atoms with Crippen molar-refractivity contribution in [3.8, 4) is 11.5 Å². The van der Waals surface area contributed by atoms with Gasteiger partial charge in [-0.1, -0.05) is 12.1 Å². The zero-order chi connectivity index (χ0) is 13.9. The van der Waals surface area contributed by atoms with E-state index in [-0.39, 0.29) is 11.7 Å². The van der Waals surface area contributed by atoms with Gasteiger partial charge in [0.2, 0.25) is 5.76 Å². The first kappa shape index (κ1) is 12.5. The van der Waals surface area contributed by atoms with Crippen molar-refractivity contribution in [2.45, 2.75) is 13.3 Å². The molecule has 6 nitrogen and oxygen atoms in total. The summed E-state index contributed by atoms with van der Waals surface area (Å²) in [5.41, 5.74) is 1.37. The number of aromatic nitrogens is 1. The van der Waals surface area contributed by atoms with Gasteiger partial charge in [0.15, 0.2) is 11.5 Å². The summed E-state index contributed by atoms with van der Waals surface area (Å²) in [4.78, 5) is 12.0. The van der Waals surface area contributed by atoms with E-state index >= 15 is 0 Å². The van der Waals surface area contributed by atoms with E-state index in [9.17, 15) is 4.79 Å². The SMILES string of the molecule is CCc1cc(C(=O)Nc2ccc3c(c2)OCCO3)on1. The molecule has 2 aromatic rings. The highest BCUT2D eigenvalue weighted by atomic mass is 16.6. The van der Waals surface area contributed by atoms with Crippen molar-refractivity contribution in [3.63, 3.8) is 0 Å². The molecule has 0 spiro atoms. The van der Waals surface area contributed by atoms with Gasteiger partial charge in [0.1, 0.15) is 13.2 Å². The number of rotatable bonds is 3. The third-order valence-corrected chi connectivity index (χ3v) is 2.95. The van der Waals surface area contributed by atoms with Gasteiger partial charge in [-0.3, -0.25) is 4.79 Å². The first-order chi connectivity index (χ1) is 9.76. The highest BCUT2D eigenvalue weighted by Gasteiger charge is 2.15. The Morgan fingerprint density at radius 3 is 2.80 bits per heavy atom. The summed E-state index contributed by atoms with van der Waals surface area (Å²) in [6.07, 6.45) is 0.723. The van der Waals surface area contributed by atoms with Crippen molar-refractivity contribution >= 4 is 11.6 Å². The molecule has 0 bridgehead atoms. The Bertz CT molecular complexity index is 636. The molecule has 104 valence electrons. The van der Waals surface area contributed by atoms with Gasteiger partial charge in [-0.05, 0) is 18.6 Å².